The SMILES string of the molecule is Cc1cc(C)cc(N(C)c2nc(NN)ncc2Br)c1. The second-order valence-electron chi connectivity index (χ2n) is 4.41. The molecule has 2 rings (SSSR count). The maximum absolute atomic E-state index is 5.35. The lowest BCUT2D eigenvalue weighted by molar-refractivity contribution is 1.05. The van der Waals surface area contributed by atoms with E-state index in [4.69, 9.17) is 5.84 Å². The van der Waals surface area contributed by atoms with Crippen molar-refractivity contribution < 1.29 is 0 Å². The number of hydrogen-bond acceptors (Lipinski definition) is 5. The van der Waals surface area contributed by atoms with Crippen LogP contribution in [0.3, 0.4) is 0 Å². The van der Waals surface area contributed by atoms with E-state index in [0.717, 1.165) is 16.0 Å². The fourth-order valence-electron chi connectivity index (χ4n) is 1.93. The summed E-state index contributed by atoms with van der Waals surface area (Å²) in [6, 6.07) is 6.35. The molecule has 0 amide bonds. The van der Waals surface area contributed by atoms with E-state index in [2.05, 4.69) is 63.4 Å². The third kappa shape index (κ3) is 3.02. The zero-order valence-corrected chi connectivity index (χ0v) is 12.7. The Kier molecular flexibility index (Phi) is 4.01. The Bertz CT molecular complexity index is 579. The van der Waals surface area contributed by atoms with Gasteiger partial charge in [-0.3, -0.25) is 5.43 Å². The normalized spacial score (nSPS) is 10.4. The van der Waals surface area contributed by atoms with Gasteiger partial charge in [0, 0.05) is 18.9 Å². The summed E-state index contributed by atoms with van der Waals surface area (Å²) in [7, 11) is 1.96. The molecule has 1 heterocycles. The van der Waals surface area contributed by atoms with Crippen LogP contribution in [-0.2, 0) is 0 Å². The summed E-state index contributed by atoms with van der Waals surface area (Å²) in [6.07, 6.45) is 1.68. The molecule has 1 aromatic carbocycles. The summed E-state index contributed by atoms with van der Waals surface area (Å²) >= 11 is 3.46. The van der Waals surface area contributed by atoms with Crippen LogP contribution in [0.1, 0.15) is 11.1 Å². The largest absolute Gasteiger partial charge is 0.328 e. The molecule has 3 N–H and O–H groups in total. The molecule has 6 heteroatoms. The minimum atomic E-state index is 0.384. The van der Waals surface area contributed by atoms with Gasteiger partial charge in [0.25, 0.3) is 0 Å². The van der Waals surface area contributed by atoms with Crippen LogP contribution < -0.4 is 16.2 Å². The van der Waals surface area contributed by atoms with Crippen LogP contribution in [0.4, 0.5) is 17.5 Å². The van der Waals surface area contributed by atoms with Crippen molar-refractivity contribution in [1.29, 1.82) is 0 Å². The zero-order valence-electron chi connectivity index (χ0n) is 11.1. The first-order valence-corrected chi connectivity index (χ1v) is 6.61. The van der Waals surface area contributed by atoms with Crippen LogP contribution in [0.2, 0.25) is 0 Å². The van der Waals surface area contributed by atoms with Crippen LogP contribution in [0.25, 0.3) is 0 Å². The first kappa shape index (κ1) is 13.8. The Hall–Kier alpha value is -1.66. The number of aryl methyl sites for hydroxylation is 2. The van der Waals surface area contributed by atoms with Crippen LogP contribution in [-0.4, -0.2) is 17.0 Å². The summed E-state index contributed by atoms with van der Waals surface area (Å²) in [4.78, 5) is 10.4. The van der Waals surface area contributed by atoms with Gasteiger partial charge in [-0.05, 0) is 53.0 Å². The van der Waals surface area contributed by atoms with Crippen molar-refractivity contribution in [2.45, 2.75) is 13.8 Å². The van der Waals surface area contributed by atoms with Crippen molar-refractivity contribution in [3.8, 4) is 0 Å². The molecule has 0 saturated carbocycles. The van der Waals surface area contributed by atoms with E-state index in [1.807, 2.05) is 11.9 Å². The molecule has 0 saturated heterocycles. The monoisotopic (exact) mass is 321 g/mol. The minimum Gasteiger partial charge on any atom is -0.328 e. The average Bonchev–Trinajstić information content (AvgIpc) is 2.37. The predicted molar refractivity (Wildman–Crippen MR) is 81.5 cm³/mol. The molecule has 5 nitrogen and oxygen atoms in total. The molecule has 0 aliphatic carbocycles. The Morgan fingerprint density at radius 2 is 1.84 bits per heavy atom. The highest BCUT2D eigenvalue weighted by molar-refractivity contribution is 9.10. The molecular formula is C13H16BrN5. The van der Waals surface area contributed by atoms with Gasteiger partial charge in [0.1, 0.15) is 0 Å². The molecule has 0 radical (unpaired) electrons. The maximum atomic E-state index is 5.35. The van der Waals surface area contributed by atoms with E-state index >= 15 is 0 Å². The molecule has 0 unspecified atom stereocenters. The van der Waals surface area contributed by atoms with Gasteiger partial charge in [0.15, 0.2) is 5.82 Å². The number of benzene rings is 1. The number of nitrogens with two attached hydrogens (primary N) is 1. The second-order valence-corrected chi connectivity index (χ2v) is 5.27. The van der Waals surface area contributed by atoms with E-state index in [1.54, 1.807) is 6.20 Å². The number of nitrogens with one attached hydrogen (secondary N) is 1. The molecule has 19 heavy (non-hydrogen) atoms. The van der Waals surface area contributed by atoms with Gasteiger partial charge in [-0.2, -0.15) is 4.98 Å². The minimum absolute atomic E-state index is 0.384. The fraction of sp³-hybridized carbons (Fsp3) is 0.231. The van der Waals surface area contributed by atoms with Gasteiger partial charge in [-0.15, -0.1) is 0 Å². The number of halogens is 1. The Labute approximate surface area is 121 Å². The van der Waals surface area contributed by atoms with Gasteiger partial charge >= 0.3 is 0 Å². The highest BCUT2D eigenvalue weighted by Crippen LogP contribution is 2.30. The molecule has 0 atom stereocenters. The smallest absolute Gasteiger partial charge is 0.239 e. The molecule has 100 valence electrons. The third-order valence-corrected chi connectivity index (χ3v) is 3.33. The van der Waals surface area contributed by atoms with Crippen LogP contribution in [0.5, 0.6) is 0 Å². The van der Waals surface area contributed by atoms with E-state index in [1.165, 1.54) is 11.1 Å². The van der Waals surface area contributed by atoms with Crippen molar-refractivity contribution in [3.63, 3.8) is 0 Å². The number of rotatable bonds is 3. The van der Waals surface area contributed by atoms with E-state index in [-0.39, 0.29) is 0 Å². The summed E-state index contributed by atoms with van der Waals surface area (Å²) in [5, 5.41) is 0. The zero-order chi connectivity index (χ0) is 14.0. The number of aromatic nitrogens is 2. The summed E-state index contributed by atoms with van der Waals surface area (Å²) in [5.74, 6) is 6.49. The summed E-state index contributed by atoms with van der Waals surface area (Å²) < 4.78 is 0.813. The highest BCUT2D eigenvalue weighted by Gasteiger charge is 2.12. The molecule has 1 aromatic heterocycles. The summed E-state index contributed by atoms with van der Waals surface area (Å²) in [6.45, 7) is 4.15. The highest BCUT2D eigenvalue weighted by atomic mass is 79.9. The molecule has 0 aliphatic heterocycles. The number of anilines is 3. The Balaban J connectivity index is 2.45. The van der Waals surface area contributed by atoms with Gasteiger partial charge in [0.05, 0.1) is 4.47 Å². The molecule has 2 aromatic rings. The van der Waals surface area contributed by atoms with Gasteiger partial charge in [-0.25, -0.2) is 10.8 Å². The van der Waals surface area contributed by atoms with Gasteiger partial charge in [-0.1, -0.05) is 6.07 Å². The lowest BCUT2D eigenvalue weighted by atomic mass is 10.1. The molecule has 0 fully saturated rings. The van der Waals surface area contributed by atoms with Crippen molar-refractivity contribution in [2.24, 2.45) is 5.84 Å². The molecule has 0 bridgehead atoms. The average molecular weight is 322 g/mol. The fourth-order valence-corrected chi connectivity index (χ4v) is 2.39. The Morgan fingerprint density at radius 3 is 2.42 bits per heavy atom. The topological polar surface area (TPSA) is 67.1 Å². The van der Waals surface area contributed by atoms with E-state index in [0.29, 0.717) is 5.95 Å². The quantitative estimate of drug-likeness (QED) is 0.672. The third-order valence-electron chi connectivity index (χ3n) is 2.77. The van der Waals surface area contributed by atoms with E-state index in [9.17, 15) is 0 Å². The van der Waals surface area contributed by atoms with Gasteiger partial charge < -0.3 is 4.90 Å². The van der Waals surface area contributed by atoms with Gasteiger partial charge in [0.2, 0.25) is 5.95 Å². The number of hydrazine groups is 1. The second kappa shape index (κ2) is 5.54. The lowest BCUT2D eigenvalue weighted by Crippen LogP contribution is -2.16. The number of hydrogen-bond donors (Lipinski definition) is 2. The Morgan fingerprint density at radius 1 is 1.21 bits per heavy atom. The number of nitrogen functional groups attached to an aromatic ring is 1. The molecular weight excluding hydrogens is 306 g/mol. The first-order chi connectivity index (χ1) is 9.01. The van der Waals surface area contributed by atoms with Crippen molar-refractivity contribution in [1.82, 2.24) is 9.97 Å². The summed E-state index contributed by atoms with van der Waals surface area (Å²) in [5.41, 5.74) is 5.95. The first-order valence-electron chi connectivity index (χ1n) is 5.82. The molecule has 0 spiro atoms. The van der Waals surface area contributed by atoms with Crippen molar-refractivity contribution in [2.75, 3.05) is 17.4 Å². The lowest BCUT2D eigenvalue weighted by Gasteiger charge is -2.21. The van der Waals surface area contributed by atoms with Crippen molar-refractivity contribution in [3.05, 3.63) is 40.0 Å². The predicted octanol–water partition coefficient (Wildman–Crippen LogP) is 2.91. The number of nitrogens with zero attached hydrogens (tertiary/aromatic N) is 3. The van der Waals surface area contributed by atoms with E-state index < -0.39 is 0 Å². The van der Waals surface area contributed by atoms with Crippen LogP contribution in [0, 0.1) is 13.8 Å². The van der Waals surface area contributed by atoms with Crippen molar-refractivity contribution >= 4 is 33.4 Å². The standard InChI is InChI=1S/C13H16BrN5/c1-8-4-9(2)6-10(5-8)19(3)12-11(14)7-16-13(17-12)18-15/h4-7H,15H2,1-3H3,(H,16,17,18). The maximum Gasteiger partial charge on any atom is 0.239 e. The van der Waals surface area contributed by atoms with Crippen LogP contribution >= 0.6 is 15.9 Å². The van der Waals surface area contributed by atoms with Crippen LogP contribution in [0.15, 0.2) is 28.9 Å². The molecule has 0 aliphatic rings.